The van der Waals surface area contributed by atoms with Crippen molar-refractivity contribution in [2.45, 2.75) is 13.3 Å². The van der Waals surface area contributed by atoms with Gasteiger partial charge in [0.1, 0.15) is 6.61 Å². The van der Waals surface area contributed by atoms with E-state index in [4.69, 9.17) is 4.74 Å². The molecule has 0 aliphatic carbocycles. The number of nitrogens with zero attached hydrogens (tertiary/aromatic N) is 2. The highest BCUT2D eigenvalue weighted by Crippen LogP contribution is 2.17. The smallest absolute Gasteiger partial charge is 0.165 e. The van der Waals surface area contributed by atoms with E-state index in [2.05, 4.69) is 35.8 Å². The first-order valence-corrected chi connectivity index (χ1v) is 7.41. The molecule has 0 heterocycles. The molecule has 0 radical (unpaired) electrons. The Morgan fingerprint density at radius 3 is 2.30 bits per heavy atom. The Bertz CT molecular complexity index is 706. The Hall–Kier alpha value is -2.75. The third kappa shape index (κ3) is 5.18. The van der Waals surface area contributed by atoms with E-state index in [-0.39, 0.29) is 12.4 Å². The molecule has 0 aliphatic rings. The fourth-order valence-electron chi connectivity index (χ4n) is 1.90. The van der Waals surface area contributed by atoms with Crippen molar-refractivity contribution in [1.82, 2.24) is 0 Å². The van der Waals surface area contributed by atoms with Crippen LogP contribution in [0.5, 0.6) is 5.75 Å². The molecular formula is C19H19FN2O. The largest absolute Gasteiger partial charge is 0.486 e. The Morgan fingerprint density at radius 2 is 1.70 bits per heavy atom. The van der Waals surface area contributed by atoms with E-state index in [9.17, 15) is 4.39 Å². The van der Waals surface area contributed by atoms with E-state index in [1.807, 2.05) is 12.1 Å². The van der Waals surface area contributed by atoms with Crippen LogP contribution in [0.2, 0.25) is 0 Å². The fourth-order valence-corrected chi connectivity index (χ4v) is 1.90. The van der Waals surface area contributed by atoms with Gasteiger partial charge in [-0.25, -0.2) is 4.39 Å². The molecule has 0 amide bonds. The predicted molar refractivity (Wildman–Crippen MR) is 93.1 cm³/mol. The summed E-state index contributed by atoms with van der Waals surface area (Å²) in [6.45, 7) is 5.90. The lowest BCUT2D eigenvalue weighted by molar-refractivity contribution is 0.342. The van der Waals surface area contributed by atoms with Crippen LogP contribution >= 0.6 is 0 Å². The van der Waals surface area contributed by atoms with E-state index in [1.165, 1.54) is 17.8 Å². The first kappa shape index (κ1) is 16.6. The van der Waals surface area contributed by atoms with Crippen LogP contribution in [0.15, 0.2) is 65.3 Å². The lowest BCUT2D eigenvalue weighted by Gasteiger charge is -2.04. The number of ether oxygens (including phenoxy) is 1. The van der Waals surface area contributed by atoms with Crippen LogP contribution < -0.4 is 4.74 Å². The molecule has 2 rings (SSSR count). The lowest BCUT2D eigenvalue weighted by atomic mass is 10.1. The van der Waals surface area contributed by atoms with E-state index in [0.29, 0.717) is 5.56 Å². The quantitative estimate of drug-likeness (QED) is 0.424. The van der Waals surface area contributed by atoms with Crippen molar-refractivity contribution in [1.29, 1.82) is 0 Å². The second-order valence-corrected chi connectivity index (χ2v) is 4.87. The number of rotatable bonds is 7. The minimum Gasteiger partial charge on any atom is -0.486 e. The first-order chi connectivity index (χ1) is 11.2. The SMILES string of the molecule is C=CCOc1ccc(C=NN=Cc2ccc(CC)cc2)cc1F. The number of hydrogen-bond donors (Lipinski definition) is 0. The minimum absolute atomic E-state index is 0.196. The van der Waals surface area contributed by atoms with Gasteiger partial charge in [-0.05, 0) is 41.3 Å². The zero-order valence-corrected chi connectivity index (χ0v) is 13.1. The molecule has 0 spiro atoms. The molecule has 0 N–H and O–H groups in total. The van der Waals surface area contributed by atoms with Crippen LogP contribution in [0.4, 0.5) is 4.39 Å². The molecule has 3 nitrogen and oxygen atoms in total. The van der Waals surface area contributed by atoms with E-state index in [0.717, 1.165) is 12.0 Å². The van der Waals surface area contributed by atoms with Gasteiger partial charge in [-0.15, -0.1) is 0 Å². The summed E-state index contributed by atoms with van der Waals surface area (Å²) in [5.74, 6) is -0.239. The van der Waals surface area contributed by atoms with Crippen molar-refractivity contribution in [3.63, 3.8) is 0 Å². The standard InChI is InChI=1S/C19H19FN2O/c1-3-11-23-19-10-9-17(12-18(19)20)14-22-21-13-16-7-5-15(4-2)6-8-16/h3,5-10,12-14H,1,4,11H2,2H3. The molecule has 0 saturated heterocycles. The van der Waals surface area contributed by atoms with Crippen LogP contribution in [-0.2, 0) is 6.42 Å². The Labute approximate surface area is 135 Å². The second-order valence-electron chi connectivity index (χ2n) is 4.87. The number of halogens is 1. The fraction of sp³-hybridized carbons (Fsp3) is 0.158. The summed E-state index contributed by atoms with van der Waals surface area (Å²) in [6.07, 6.45) is 5.73. The molecule has 118 valence electrons. The molecule has 2 aromatic rings. The molecule has 0 saturated carbocycles. The van der Waals surface area contributed by atoms with Gasteiger partial charge in [-0.2, -0.15) is 10.2 Å². The molecule has 0 atom stereocenters. The second kappa shape index (κ2) is 8.63. The minimum atomic E-state index is -0.435. The number of benzene rings is 2. The normalized spacial score (nSPS) is 11.2. The van der Waals surface area contributed by atoms with Crippen molar-refractivity contribution in [3.05, 3.63) is 77.6 Å². The van der Waals surface area contributed by atoms with Crippen molar-refractivity contribution in [3.8, 4) is 5.75 Å². The van der Waals surface area contributed by atoms with Crippen molar-refractivity contribution in [2.24, 2.45) is 10.2 Å². The zero-order valence-electron chi connectivity index (χ0n) is 13.1. The molecular weight excluding hydrogens is 291 g/mol. The molecule has 4 heteroatoms. The van der Waals surface area contributed by atoms with Crippen LogP contribution in [0.1, 0.15) is 23.6 Å². The van der Waals surface area contributed by atoms with Gasteiger partial charge in [0.25, 0.3) is 0 Å². The van der Waals surface area contributed by atoms with Gasteiger partial charge in [0.05, 0.1) is 12.4 Å². The van der Waals surface area contributed by atoms with Gasteiger partial charge in [0.15, 0.2) is 11.6 Å². The maximum absolute atomic E-state index is 13.8. The summed E-state index contributed by atoms with van der Waals surface area (Å²) in [4.78, 5) is 0. The maximum Gasteiger partial charge on any atom is 0.165 e. The summed E-state index contributed by atoms with van der Waals surface area (Å²) < 4.78 is 18.9. The third-order valence-corrected chi connectivity index (χ3v) is 3.18. The molecule has 0 unspecified atom stereocenters. The Morgan fingerprint density at radius 1 is 1.04 bits per heavy atom. The zero-order chi connectivity index (χ0) is 16.5. The first-order valence-electron chi connectivity index (χ1n) is 7.41. The molecule has 0 aliphatic heterocycles. The van der Waals surface area contributed by atoms with Crippen molar-refractivity contribution < 1.29 is 9.13 Å². The predicted octanol–water partition coefficient (Wildman–Crippen LogP) is 4.41. The van der Waals surface area contributed by atoms with E-state index >= 15 is 0 Å². The van der Waals surface area contributed by atoms with Crippen LogP contribution in [0.25, 0.3) is 0 Å². The van der Waals surface area contributed by atoms with Gasteiger partial charge in [-0.1, -0.05) is 43.8 Å². The van der Waals surface area contributed by atoms with Crippen LogP contribution in [0, 0.1) is 5.82 Å². The molecule has 0 fully saturated rings. The summed E-state index contributed by atoms with van der Waals surface area (Å²) in [5.41, 5.74) is 2.87. The summed E-state index contributed by atoms with van der Waals surface area (Å²) in [6, 6.07) is 12.7. The van der Waals surface area contributed by atoms with E-state index in [1.54, 1.807) is 24.4 Å². The monoisotopic (exact) mass is 310 g/mol. The molecule has 23 heavy (non-hydrogen) atoms. The van der Waals surface area contributed by atoms with E-state index < -0.39 is 5.82 Å². The summed E-state index contributed by atoms with van der Waals surface area (Å²) >= 11 is 0. The highest BCUT2D eigenvalue weighted by atomic mass is 19.1. The highest BCUT2D eigenvalue weighted by Gasteiger charge is 2.02. The third-order valence-electron chi connectivity index (χ3n) is 3.18. The highest BCUT2D eigenvalue weighted by molar-refractivity contribution is 5.82. The average Bonchev–Trinajstić information content (AvgIpc) is 2.58. The van der Waals surface area contributed by atoms with Gasteiger partial charge in [0, 0.05) is 0 Å². The van der Waals surface area contributed by atoms with Crippen molar-refractivity contribution >= 4 is 12.4 Å². The van der Waals surface area contributed by atoms with Gasteiger partial charge in [-0.3, -0.25) is 0 Å². The van der Waals surface area contributed by atoms with Crippen molar-refractivity contribution in [2.75, 3.05) is 6.61 Å². The number of hydrogen-bond acceptors (Lipinski definition) is 3. The van der Waals surface area contributed by atoms with Crippen LogP contribution in [-0.4, -0.2) is 19.0 Å². The topological polar surface area (TPSA) is 34.0 Å². The Kier molecular flexibility index (Phi) is 6.24. The summed E-state index contributed by atoms with van der Waals surface area (Å²) in [7, 11) is 0. The van der Waals surface area contributed by atoms with Gasteiger partial charge >= 0.3 is 0 Å². The summed E-state index contributed by atoms with van der Waals surface area (Å²) in [5, 5.41) is 7.90. The lowest BCUT2D eigenvalue weighted by Crippen LogP contribution is -1.96. The molecule has 0 aromatic heterocycles. The number of aryl methyl sites for hydroxylation is 1. The maximum atomic E-state index is 13.8. The van der Waals surface area contributed by atoms with Gasteiger partial charge in [0.2, 0.25) is 0 Å². The molecule has 0 bridgehead atoms. The van der Waals surface area contributed by atoms with Crippen LogP contribution in [0.3, 0.4) is 0 Å². The van der Waals surface area contributed by atoms with Gasteiger partial charge < -0.3 is 4.74 Å². The Balaban J connectivity index is 1.97. The average molecular weight is 310 g/mol. The molecule has 2 aromatic carbocycles.